The van der Waals surface area contributed by atoms with Crippen LogP contribution >= 0.6 is 12.4 Å². The van der Waals surface area contributed by atoms with E-state index in [2.05, 4.69) is 10.1 Å². The number of hydrogen-bond acceptors (Lipinski definition) is 3. The zero-order valence-electron chi connectivity index (χ0n) is 11.4. The second kappa shape index (κ2) is 8.74. The number of alkyl halides is 3. The molecule has 4 nitrogen and oxygen atoms in total. The number of ether oxygens (including phenoxy) is 1. The van der Waals surface area contributed by atoms with Gasteiger partial charge in [-0.3, -0.25) is 4.79 Å². The molecule has 1 rings (SSSR count). The molecular weight excluding hydrogens is 309 g/mol. The highest BCUT2D eigenvalue weighted by atomic mass is 35.5. The Balaban J connectivity index is 0.00000400. The molecule has 0 aromatic heterocycles. The number of benzene rings is 1. The van der Waals surface area contributed by atoms with Crippen molar-refractivity contribution >= 4 is 24.0 Å². The topological polar surface area (TPSA) is 64.4 Å². The molecule has 8 heteroatoms. The highest BCUT2D eigenvalue weighted by Crippen LogP contribution is 2.20. The second-order valence-electron chi connectivity index (χ2n) is 4.31. The maximum Gasteiger partial charge on any atom is 0.422 e. The fourth-order valence-electron chi connectivity index (χ4n) is 1.48. The molecule has 0 heterocycles. The molecule has 1 aromatic rings. The number of anilines is 1. The molecule has 1 unspecified atom stereocenters. The molecule has 1 amide bonds. The normalized spacial score (nSPS) is 12.2. The number of carbonyl (C=O) groups is 1. The number of hydrogen-bond donors (Lipinski definition) is 2. The first-order chi connectivity index (χ1) is 9.31. The molecule has 0 saturated heterocycles. The van der Waals surface area contributed by atoms with Gasteiger partial charge in [0.15, 0.2) is 6.61 Å². The summed E-state index contributed by atoms with van der Waals surface area (Å²) in [6.45, 7) is 0.569. The fourth-order valence-corrected chi connectivity index (χ4v) is 1.48. The molecule has 1 aromatic carbocycles. The first-order valence-corrected chi connectivity index (χ1v) is 6.18. The maximum atomic E-state index is 12.0. The lowest BCUT2D eigenvalue weighted by Crippen LogP contribution is -2.35. The van der Waals surface area contributed by atoms with Gasteiger partial charge in [0, 0.05) is 5.69 Å². The average molecular weight is 327 g/mol. The van der Waals surface area contributed by atoms with Gasteiger partial charge >= 0.3 is 6.18 Å². The van der Waals surface area contributed by atoms with Gasteiger partial charge in [0.2, 0.25) is 5.91 Å². The Hall–Kier alpha value is -1.47. The van der Waals surface area contributed by atoms with Crippen LogP contribution in [0, 0.1) is 0 Å². The van der Waals surface area contributed by atoms with Crippen LogP contribution in [0.25, 0.3) is 0 Å². The minimum absolute atomic E-state index is 0. The van der Waals surface area contributed by atoms with E-state index >= 15 is 0 Å². The fraction of sp³-hybridized carbons (Fsp3) is 0.462. The SMILES string of the molecule is CCCC(N)C(=O)Nc1ccc(OCC(F)(F)F)cc1.Cl. The number of amides is 1. The quantitative estimate of drug-likeness (QED) is 0.844. The van der Waals surface area contributed by atoms with E-state index < -0.39 is 18.8 Å². The third-order valence-electron chi connectivity index (χ3n) is 2.46. The summed E-state index contributed by atoms with van der Waals surface area (Å²) in [4.78, 5) is 11.6. The number of carbonyl (C=O) groups excluding carboxylic acids is 1. The molecule has 0 saturated carbocycles. The van der Waals surface area contributed by atoms with Crippen LogP contribution < -0.4 is 15.8 Å². The molecule has 120 valence electrons. The van der Waals surface area contributed by atoms with Gasteiger partial charge in [0.05, 0.1) is 6.04 Å². The average Bonchev–Trinajstić information content (AvgIpc) is 2.37. The predicted molar refractivity (Wildman–Crippen MR) is 76.8 cm³/mol. The summed E-state index contributed by atoms with van der Waals surface area (Å²) >= 11 is 0. The van der Waals surface area contributed by atoms with Gasteiger partial charge in [-0.25, -0.2) is 0 Å². The summed E-state index contributed by atoms with van der Waals surface area (Å²) in [5, 5.41) is 2.58. The third kappa shape index (κ3) is 7.77. The monoisotopic (exact) mass is 326 g/mol. The molecule has 0 spiro atoms. The van der Waals surface area contributed by atoms with Crippen molar-refractivity contribution in [1.29, 1.82) is 0 Å². The van der Waals surface area contributed by atoms with Gasteiger partial charge in [0.1, 0.15) is 5.75 Å². The van der Waals surface area contributed by atoms with Crippen LogP contribution in [0.2, 0.25) is 0 Å². The van der Waals surface area contributed by atoms with Crippen LogP contribution in [0.4, 0.5) is 18.9 Å². The Morgan fingerprint density at radius 1 is 1.33 bits per heavy atom. The highest BCUT2D eigenvalue weighted by Gasteiger charge is 2.28. The molecular formula is C13H18ClF3N2O2. The Morgan fingerprint density at radius 3 is 2.38 bits per heavy atom. The van der Waals surface area contributed by atoms with E-state index in [-0.39, 0.29) is 24.1 Å². The first kappa shape index (κ1) is 19.5. The predicted octanol–water partition coefficient (Wildman–Crippen LogP) is 3.12. The Bertz CT molecular complexity index is 438. The van der Waals surface area contributed by atoms with E-state index in [4.69, 9.17) is 5.73 Å². The standard InChI is InChI=1S/C13H17F3N2O2.ClH/c1-2-3-11(17)12(19)18-9-4-6-10(7-5-9)20-8-13(14,15)16;/h4-7,11H,2-3,8,17H2,1H3,(H,18,19);1H. The molecule has 0 aliphatic carbocycles. The summed E-state index contributed by atoms with van der Waals surface area (Å²) in [7, 11) is 0. The van der Waals surface area contributed by atoms with Crippen LogP contribution in [0.5, 0.6) is 5.75 Å². The van der Waals surface area contributed by atoms with Crippen molar-refractivity contribution in [1.82, 2.24) is 0 Å². The summed E-state index contributed by atoms with van der Waals surface area (Å²) in [6.07, 6.45) is -3.02. The zero-order valence-corrected chi connectivity index (χ0v) is 12.3. The van der Waals surface area contributed by atoms with Gasteiger partial charge in [-0.2, -0.15) is 13.2 Å². The van der Waals surface area contributed by atoms with Crippen molar-refractivity contribution in [2.75, 3.05) is 11.9 Å². The van der Waals surface area contributed by atoms with E-state index in [0.29, 0.717) is 12.1 Å². The lowest BCUT2D eigenvalue weighted by Gasteiger charge is -2.12. The van der Waals surface area contributed by atoms with Gasteiger partial charge in [-0.1, -0.05) is 13.3 Å². The Morgan fingerprint density at radius 2 is 1.90 bits per heavy atom. The smallest absolute Gasteiger partial charge is 0.422 e. The maximum absolute atomic E-state index is 12.0. The van der Waals surface area contributed by atoms with Gasteiger partial charge < -0.3 is 15.8 Å². The van der Waals surface area contributed by atoms with Crippen molar-refractivity contribution in [3.05, 3.63) is 24.3 Å². The first-order valence-electron chi connectivity index (χ1n) is 6.18. The number of nitrogens with one attached hydrogen (secondary N) is 1. The van der Waals surface area contributed by atoms with Gasteiger partial charge in [-0.05, 0) is 30.7 Å². The number of rotatable bonds is 6. The summed E-state index contributed by atoms with van der Waals surface area (Å²) in [5.41, 5.74) is 6.10. The van der Waals surface area contributed by atoms with Crippen molar-refractivity contribution in [3.63, 3.8) is 0 Å². The number of nitrogens with two attached hydrogens (primary N) is 1. The van der Waals surface area contributed by atoms with Crippen LogP contribution in [0.3, 0.4) is 0 Å². The molecule has 0 radical (unpaired) electrons. The van der Waals surface area contributed by atoms with Crippen molar-refractivity contribution in [2.45, 2.75) is 32.0 Å². The van der Waals surface area contributed by atoms with Crippen LogP contribution in [0.1, 0.15) is 19.8 Å². The van der Waals surface area contributed by atoms with E-state index in [9.17, 15) is 18.0 Å². The Labute approximate surface area is 127 Å². The van der Waals surface area contributed by atoms with Gasteiger partial charge in [-0.15, -0.1) is 12.4 Å². The molecule has 0 aliphatic heterocycles. The molecule has 3 N–H and O–H groups in total. The summed E-state index contributed by atoms with van der Waals surface area (Å²) < 4.78 is 40.4. The van der Waals surface area contributed by atoms with Crippen molar-refractivity contribution < 1.29 is 22.7 Å². The van der Waals surface area contributed by atoms with Crippen molar-refractivity contribution in [3.8, 4) is 5.75 Å². The lowest BCUT2D eigenvalue weighted by atomic mass is 10.1. The molecule has 21 heavy (non-hydrogen) atoms. The van der Waals surface area contributed by atoms with E-state index in [1.165, 1.54) is 24.3 Å². The van der Waals surface area contributed by atoms with Crippen molar-refractivity contribution in [2.24, 2.45) is 5.73 Å². The summed E-state index contributed by atoms with van der Waals surface area (Å²) in [6, 6.07) is 5.03. The molecule has 0 aliphatic rings. The minimum Gasteiger partial charge on any atom is -0.484 e. The lowest BCUT2D eigenvalue weighted by molar-refractivity contribution is -0.153. The molecule has 0 bridgehead atoms. The van der Waals surface area contributed by atoms with E-state index in [0.717, 1.165) is 6.42 Å². The van der Waals surface area contributed by atoms with Crippen LogP contribution in [-0.2, 0) is 4.79 Å². The zero-order chi connectivity index (χ0) is 15.2. The second-order valence-corrected chi connectivity index (χ2v) is 4.31. The van der Waals surface area contributed by atoms with Crippen LogP contribution in [-0.4, -0.2) is 24.7 Å². The molecule has 0 fully saturated rings. The third-order valence-corrected chi connectivity index (χ3v) is 2.46. The Kier molecular flexibility index (Phi) is 8.12. The summed E-state index contributed by atoms with van der Waals surface area (Å²) in [5.74, 6) is -0.242. The van der Waals surface area contributed by atoms with Crippen LogP contribution in [0.15, 0.2) is 24.3 Å². The highest BCUT2D eigenvalue weighted by molar-refractivity contribution is 5.94. The van der Waals surface area contributed by atoms with Gasteiger partial charge in [0.25, 0.3) is 0 Å². The van der Waals surface area contributed by atoms with E-state index in [1.807, 2.05) is 6.92 Å². The molecule has 1 atom stereocenters. The number of halogens is 4. The minimum atomic E-state index is -4.38. The largest absolute Gasteiger partial charge is 0.484 e. The van der Waals surface area contributed by atoms with E-state index in [1.54, 1.807) is 0 Å².